The lowest BCUT2D eigenvalue weighted by atomic mass is 9.77. The molecule has 31 heavy (non-hydrogen) atoms. The molecule has 0 bridgehead atoms. The van der Waals surface area contributed by atoms with Gasteiger partial charge in [0, 0.05) is 23.1 Å². The molecule has 1 aliphatic rings. The molecule has 0 N–H and O–H groups in total. The van der Waals surface area contributed by atoms with Gasteiger partial charge in [0.05, 0.1) is 4.32 Å². The van der Waals surface area contributed by atoms with Gasteiger partial charge in [-0.3, -0.25) is 0 Å². The molecule has 1 aromatic carbocycles. The molecule has 0 spiro atoms. The van der Waals surface area contributed by atoms with E-state index in [-0.39, 0.29) is 6.08 Å². The molecule has 0 fully saturated rings. The van der Waals surface area contributed by atoms with Gasteiger partial charge in [-0.05, 0) is 12.1 Å². The Morgan fingerprint density at radius 2 is 1.29 bits per heavy atom. The van der Waals surface area contributed by atoms with Gasteiger partial charge in [0.15, 0.2) is 0 Å². The van der Waals surface area contributed by atoms with Crippen molar-refractivity contribution in [3.8, 4) is 0 Å². The normalized spacial score (nSPS) is 23.2. The van der Waals surface area contributed by atoms with E-state index in [0.717, 1.165) is 18.2 Å². The molecule has 2 rings (SSSR count). The van der Waals surface area contributed by atoms with Crippen LogP contribution in [0.25, 0.3) is 0 Å². The highest BCUT2D eigenvalue weighted by atomic mass is 79.9. The van der Waals surface area contributed by atoms with Gasteiger partial charge < -0.3 is 0 Å². The summed E-state index contributed by atoms with van der Waals surface area (Å²) in [5.41, 5.74) is -12.2. The molecular formula is C17H8BrF13. The van der Waals surface area contributed by atoms with Gasteiger partial charge in [-0.2, -0.15) is 48.3 Å². The van der Waals surface area contributed by atoms with Gasteiger partial charge in [-0.1, -0.05) is 40.2 Å². The minimum absolute atomic E-state index is 0.256. The maximum absolute atomic E-state index is 14.8. The summed E-state index contributed by atoms with van der Waals surface area (Å²) in [4.78, 5) is 0. The fraction of sp³-hybridized carbons (Fsp3) is 0.412. The average molecular weight is 539 g/mol. The van der Waals surface area contributed by atoms with E-state index < -0.39 is 69.5 Å². The Kier molecular flexibility index (Phi) is 6.10. The summed E-state index contributed by atoms with van der Waals surface area (Å²) in [6, 6.07) is 3.43. The van der Waals surface area contributed by atoms with Crippen LogP contribution in [0.15, 0.2) is 47.6 Å². The lowest BCUT2D eigenvalue weighted by molar-refractivity contribution is -0.371. The molecule has 0 radical (unpaired) electrons. The summed E-state index contributed by atoms with van der Waals surface area (Å²) in [7, 11) is 0. The van der Waals surface area contributed by atoms with Crippen LogP contribution < -0.4 is 0 Å². The van der Waals surface area contributed by atoms with Crippen molar-refractivity contribution < 1.29 is 57.1 Å². The third-order valence-corrected chi connectivity index (χ3v) is 5.36. The number of hydrogen-bond donors (Lipinski definition) is 0. The molecule has 0 saturated carbocycles. The van der Waals surface area contributed by atoms with Crippen molar-refractivity contribution in [2.75, 3.05) is 0 Å². The van der Waals surface area contributed by atoms with Crippen LogP contribution in [0.3, 0.4) is 0 Å². The zero-order valence-corrected chi connectivity index (χ0v) is 16.0. The zero-order valence-electron chi connectivity index (χ0n) is 14.5. The Balaban J connectivity index is 2.92. The van der Waals surface area contributed by atoms with Crippen LogP contribution in [-0.4, -0.2) is 30.1 Å². The van der Waals surface area contributed by atoms with Crippen LogP contribution >= 0.6 is 15.9 Å². The largest absolute Gasteiger partial charge is 0.457 e. The number of allylic oxidation sites excluding steroid dienone is 4. The molecule has 2 unspecified atom stereocenters. The first kappa shape index (κ1) is 25.5. The number of benzene rings is 1. The van der Waals surface area contributed by atoms with Crippen LogP contribution in [0.1, 0.15) is 12.0 Å². The first-order chi connectivity index (χ1) is 13.7. The molecule has 2 atom stereocenters. The van der Waals surface area contributed by atoms with Crippen LogP contribution in [0, 0.1) is 5.82 Å². The van der Waals surface area contributed by atoms with E-state index in [9.17, 15) is 57.1 Å². The molecule has 1 aromatic rings. The maximum atomic E-state index is 14.8. The van der Waals surface area contributed by atoms with Gasteiger partial charge in [0.2, 0.25) is 0 Å². The van der Waals surface area contributed by atoms with Gasteiger partial charge in [-0.15, -0.1) is 0 Å². The summed E-state index contributed by atoms with van der Waals surface area (Å²) in [5, 5.41) is 0. The molecule has 1 aliphatic carbocycles. The Bertz CT molecular complexity index is 906. The van der Waals surface area contributed by atoms with E-state index in [2.05, 4.69) is 15.9 Å². The van der Waals surface area contributed by atoms with E-state index in [1.165, 1.54) is 0 Å². The number of alkyl halides is 13. The second kappa shape index (κ2) is 7.41. The topological polar surface area (TPSA) is 0 Å². The Morgan fingerprint density at radius 3 is 1.71 bits per heavy atom. The van der Waals surface area contributed by atoms with Gasteiger partial charge in [0.25, 0.3) is 0 Å². The predicted molar refractivity (Wildman–Crippen MR) is 84.7 cm³/mol. The first-order valence-corrected chi connectivity index (χ1v) is 8.63. The van der Waals surface area contributed by atoms with Crippen molar-refractivity contribution in [2.45, 2.75) is 40.9 Å². The van der Waals surface area contributed by atoms with Crippen LogP contribution in [0.5, 0.6) is 0 Å². The highest BCUT2D eigenvalue weighted by Gasteiger charge is 2.82. The van der Waals surface area contributed by atoms with E-state index in [1.807, 2.05) is 0 Å². The lowest BCUT2D eigenvalue weighted by Crippen LogP contribution is -2.63. The fourth-order valence-electron chi connectivity index (χ4n) is 2.93. The molecule has 0 amide bonds. The first-order valence-electron chi connectivity index (χ1n) is 7.83. The Labute approximate surface area is 173 Å². The van der Waals surface area contributed by atoms with Crippen LogP contribution in [0.4, 0.5) is 57.1 Å². The minimum Gasteiger partial charge on any atom is -0.221 e. The van der Waals surface area contributed by atoms with E-state index in [4.69, 9.17) is 0 Å². The molecule has 0 aromatic heterocycles. The summed E-state index contributed by atoms with van der Waals surface area (Å²) in [6.45, 7) is 0. The van der Waals surface area contributed by atoms with E-state index in [1.54, 1.807) is 0 Å². The fourth-order valence-corrected chi connectivity index (χ4v) is 3.80. The minimum atomic E-state index is -7.18. The molecular weight excluding hydrogens is 531 g/mol. The highest BCUT2D eigenvalue weighted by Crippen LogP contribution is 2.59. The van der Waals surface area contributed by atoms with Crippen LogP contribution in [-0.2, 0) is 4.32 Å². The second-order valence-electron chi connectivity index (χ2n) is 6.51. The molecule has 0 heterocycles. The summed E-state index contributed by atoms with van der Waals surface area (Å²) in [5.74, 6) is -8.52. The van der Waals surface area contributed by atoms with E-state index in [0.29, 0.717) is 6.07 Å². The Hall–Kier alpha value is -1.73. The van der Waals surface area contributed by atoms with Crippen molar-refractivity contribution in [3.05, 3.63) is 58.9 Å². The number of halogens is 14. The third-order valence-electron chi connectivity index (χ3n) is 4.42. The summed E-state index contributed by atoms with van der Waals surface area (Å²) >= 11 is 2.49. The van der Waals surface area contributed by atoms with Crippen molar-refractivity contribution in [2.24, 2.45) is 0 Å². The van der Waals surface area contributed by atoms with Crippen molar-refractivity contribution in [1.29, 1.82) is 0 Å². The van der Waals surface area contributed by atoms with E-state index >= 15 is 0 Å². The standard InChI is InChI=1S/C17H8BrF13/c18-12(10-3-1-2-4-11(10)19)6-8(5-9(7-12)14(21,22)23)13(20,16(26,27)28)15(24,25)17(29,30)31/h1-6H,7H2. The molecule has 0 aliphatic heterocycles. The SMILES string of the molecule is Fc1ccccc1C1(Br)C=C(C(F)(C(F)(F)F)C(F)(F)C(F)(F)F)C=C(C(F)(F)F)C1. The number of hydrogen-bond acceptors (Lipinski definition) is 0. The Morgan fingerprint density at radius 1 is 0.774 bits per heavy atom. The quantitative estimate of drug-likeness (QED) is 0.273. The monoisotopic (exact) mass is 538 g/mol. The van der Waals surface area contributed by atoms with Crippen molar-refractivity contribution >= 4 is 15.9 Å². The van der Waals surface area contributed by atoms with Crippen LogP contribution in [0.2, 0.25) is 0 Å². The number of rotatable bonds is 3. The maximum Gasteiger partial charge on any atom is 0.457 e. The molecule has 0 nitrogen and oxygen atoms in total. The smallest absolute Gasteiger partial charge is 0.221 e. The van der Waals surface area contributed by atoms with Gasteiger partial charge in [0.1, 0.15) is 5.82 Å². The highest BCUT2D eigenvalue weighted by molar-refractivity contribution is 9.09. The summed E-state index contributed by atoms with van der Waals surface area (Å²) in [6.07, 6.45) is -22.2. The molecule has 14 heteroatoms. The zero-order chi connectivity index (χ0) is 24.3. The molecule has 0 saturated heterocycles. The second-order valence-corrected chi connectivity index (χ2v) is 7.93. The average Bonchev–Trinajstić information content (AvgIpc) is 2.57. The van der Waals surface area contributed by atoms with Gasteiger partial charge >= 0.3 is 30.1 Å². The lowest BCUT2D eigenvalue weighted by Gasteiger charge is -2.40. The summed E-state index contributed by atoms with van der Waals surface area (Å²) < 4.78 is 171. The van der Waals surface area contributed by atoms with Gasteiger partial charge in [-0.25, -0.2) is 8.78 Å². The van der Waals surface area contributed by atoms with Crippen molar-refractivity contribution in [1.82, 2.24) is 0 Å². The predicted octanol–water partition coefficient (Wildman–Crippen LogP) is 7.70. The third kappa shape index (κ3) is 4.19. The van der Waals surface area contributed by atoms with Crippen molar-refractivity contribution in [3.63, 3.8) is 0 Å². The molecule has 174 valence electrons.